The van der Waals surface area contributed by atoms with E-state index in [1.54, 1.807) is 16.4 Å². The second-order valence-corrected chi connectivity index (χ2v) is 8.81. The van der Waals surface area contributed by atoms with E-state index in [1.807, 2.05) is 43.3 Å². The van der Waals surface area contributed by atoms with Crippen molar-refractivity contribution in [3.63, 3.8) is 0 Å². The van der Waals surface area contributed by atoms with Gasteiger partial charge in [-0.1, -0.05) is 47.5 Å². The fraction of sp³-hybridized carbons (Fsp3) is 0.368. The zero-order chi connectivity index (χ0) is 17.9. The lowest BCUT2D eigenvalue weighted by molar-refractivity contribution is 0.288. The average molecular weight is 379 g/mol. The second kappa shape index (κ2) is 7.87. The Morgan fingerprint density at radius 3 is 2.36 bits per heavy atom. The molecule has 2 aromatic rings. The van der Waals surface area contributed by atoms with Gasteiger partial charge < -0.3 is 5.32 Å². The molecule has 1 N–H and O–H groups in total. The van der Waals surface area contributed by atoms with E-state index >= 15 is 0 Å². The fourth-order valence-electron chi connectivity index (χ4n) is 3.06. The first-order valence-electron chi connectivity index (χ1n) is 8.50. The molecule has 0 bridgehead atoms. The van der Waals surface area contributed by atoms with E-state index in [0.29, 0.717) is 30.6 Å². The number of nitrogens with zero attached hydrogens (tertiary/aromatic N) is 1. The van der Waals surface area contributed by atoms with Crippen LogP contribution in [0.4, 0.5) is 0 Å². The van der Waals surface area contributed by atoms with Crippen LogP contribution in [-0.2, 0) is 16.6 Å². The molecule has 134 valence electrons. The molecule has 0 saturated carbocycles. The minimum Gasteiger partial charge on any atom is -0.310 e. The van der Waals surface area contributed by atoms with Crippen LogP contribution >= 0.6 is 11.6 Å². The van der Waals surface area contributed by atoms with Crippen LogP contribution in [0.25, 0.3) is 0 Å². The van der Waals surface area contributed by atoms with Crippen molar-refractivity contribution in [2.45, 2.75) is 37.2 Å². The van der Waals surface area contributed by atoms with Crippen LogP contribution in [-0.4, -0.2) is 31.9 Å². The highest BCUT2D eigenvalue weighted by Gasteiger charge is 2.29. The molecule has 0 radical (unpaired) electrons. The van der Waals surface area contributed by atoms with E-state index in [2.05, 4.69) is 5.32 Å². The zero-order valence-corrected chi connectivity index (χ0v) is 15.9. The van der Waals surface area contributed by atoms with Gasteiger partial charge in [-0.25, -0.2) is 8.42 Å². The van der Waals surface area contributed by atoms with Crippen molar-refractivity contribution in [1.82, 2.24) is 9.62 Å². The van der Waals surface area contributed by atoms with Crippen molar-refractivity contribution in [2.75, 3.05) is 13.1 Å². The van der Waals surface area contributed by atoms with Crippen molar-refractivity contribution in [1.29, 1.82) is 0 Å². The van der Waals surface area contributed by atoms with Gasteiger partial charge in [-0.15, -0.1) is 0 Å². The highest BCUT2D eigenvalue weighted by molar-refractivity contribution is 7.89. The molecular formula is C19H23ClN2O2S. The zero-order valence-electron chi connectivity index (χ0n) is 14.3. The van der Waals surface area contributed by atoms with Gasteiger partial charge in [0.05, 0.1) is 4.90 Å². The average Bonchev–Trinajstić information content (AvgIpc) is 2.62. The van der Waals surface area contributed by atoms with Crippen LogP contribution < -0.4 is 5.32 Å². The van der Waals surface area contributed by atoms with Gasteiger partial charge in [0, 0.05) is 30.7 Å². The molecule has 1 saturated heterocycles. The lowest BCUT2D eigenvalue weighted by Gasteiger charge is -2.31. The normalized spacial score (nSPS) is 16.9. The Bertz CT molecular complexity index is 814. The Morgan fingerprint density at radius 1 is 1.08 bits per heavy atom. The Morgan fingerprint density at radius 2 is 1.72 bits per heavy atom. The minimum atomic E-state index is -3.39. The minimum absolute atomic E-state index is 0.306. The van der Waals surface area contributed by atoms with Crippen LogP contribution in [0.3, 0.4) is 0 Å². The Balaban J connectivity index is 1.56. The summed E-state index contributed by atoms with van der Waals surface area (Å²) in [5, 5.41) is 4.25. The first kappa shape index (κ1) is 18.4. The third-order valence-corrected chi connectivity index (χ3v) is 6.93. The smallest absolute Gasteiger partial charge is 0.243 e. The molecule has 1 aliphatic rings. The summed E-state index contributed by atoms with van der Waals surface area (Å²) in [6, 6.07) is 15.1. The van der Waals surface area contributed by atoms with Crippen LogP contribution in [0.2, 0.25) is 5.02 Å². The molecule has 0 aromatic heterocycles. The summed E-state index contributed by atoms with van der Waals surface area (Å²) in [4.78, 5) is 0.376. The molecule has 3 rings (SSSR count). The first-order chi connectivity index (χ1) is 12.0. The number of halogens is 1. The predicted molar refractivity (Wildman–Crippen MR) is 101 cm³/mol. The van der Waals surface area contributed by atoms with Gasteiger partial charge in [0.25, 0.3) is 0 Å². The molecule has 1 fully saturated rings. The molecule has 0 amide bonds. The number of hydrogen-bond acceptors (Lipinski definition) is 3. The number of hydrogen-bond donors (Lipinski definition) is 1. The van der Waals surface area contributed by atoms with Gasteiger partial charge in [0.1, 0.15) is 0 Å². The van der Waals surface area contributed by atoms with E-state index in [0.717, 1.165) is 29.0 Å². The van der Waals surface area contributed by atoms with Gasteiger partial charge in [0.15, 0.2) is 0 Å². The van der Waals surface area contributed by atoms with E-state index in [9.17, 15) is 8.42 Å². The van der Waals surface area contributed by atoms with Gasteiger partial charge in [-0.3, -0.25) is 0 Å². The first-order valence-corrected chi connectivity index (χ1v) is 10.3. The lowest BCUT2D eigenvalue weighted by atomic mass is 10.1. The predicted octanol–water partition coefficient (Wildman–Crippen LogP) is 3.59. The number of nitrogens with one attached hydrogen (secondary N) is 1. The van der Waals surface area contributed by atoms with Crippen molar-refractivity contribution in [3.8, 4) is 0 Å². The van der Waals surface area contributed by atoms with E-state index in [4.69, 9.17) is 11.6 Å². The molecule has 1 heterocycles. The second-order valence-electron chi connectivity index (χ2n) is 6.46. The summed E-state index contributed by atoms with van der Waals surface area (Å²) in [5.41, 5.74) is 2.13. The SMILES string of the molecule is Cc1ccc(S(=O)(=O)N2CCC(NCc3ccccc3Cl)CC2)cc1. The van der Waals surface area contributed by atoms with Crippen molar-refractivity contribution >= 4 is 21.6 Å². The third-order valence-electron chi connectivity index (χ3n) is 4.65. The summed E-state index contributed by atoms with van der Waals surface area (Å²) < 4.78 is 27.0. The molecule has 0 aliphatic carbocycles. The highest BCUT2D eigenvalue weighted by atomic mass is 35.5. The van der Waals surface area contributed by atoms with Crippen LogP contribution in [0.1, 0.15) is 24.0 Å². The largest absolute Gasteiger partial charge is 0.310 e. The van der Waals surface area contributed by atoms with Crippen LogP contribution in [0.15, 0.2) is 53.4 Å². The molecule has 4 nitrogen and oxygen atoms in total. The molecule has 1 aliphatic heterocycles. The molecular weight excluding hydrogens is 356 g/mol. The van der Waals surface area contributed by atoms with Gasteiger partial charge in [-0.05, 0) is 43.5 Å². The number of benzene rings is 2. The Labute approximate surface area is 154 Å². The summed E-state index contributed by atoms with van der Waals surface area (Å²) >= 11 is 6.18. The molecule has 25 heavy (non-hydrogen) atoms. The van der Waals surface area contributed by atoms with Crippen molar-refractivity contribution in [3.05, 3.63) is 64.7 Å². The fourth-order valence-corrected chi connectivity index (χ4v) is 4.73. The topological polar surface area (TPSA) is 49.4 Å². The number of piperidine rings is 1. The standard InChI is InChI=1S/C19H23ClN2O2S/c1-15-6-8-18(9-7-15)25(23,24)22-12-10-17(11-13-22)21-14-16-4-2-3-5-19(16)20/h2-9,17,21H,10-14H2,1H3. The summed E-state index contributed by atoms with van der Waals surface area (Å²) in [5.74, 6) is 0. The quantitative estimate of drug-likeness (QED) is 0.864. The maximum atomic E-state index is 12.7. The third kappa shape index (κ3) is 4.42. The molecule has 6 heteroatoms. The summed E-state index contributed by atoms with van der Waals surface area (Å²) in [6.07, 6.45) is 1.60. The molecule has 0 unspecified atom stereocenters. The van der Waals surface area contributed by atoms with Crippen molar-refractivity contribution in [2.24, 2.45) is 0 Å². The van der Waals surface area contributed by atoms with Crippen LogP contribution in [0.5, 0.6) is 0 Å². The Hall–Kier alpha value is -1.40. The molecule has 0 atom stereocenters. The number of sulfonamides is 1. The monoisotopic (exact) mass is 378 g/mol. The number of rotatable bonds is 5. The maximum absolute atomic E-state index is 12.7. The van der Waals surface area contributed by atoms with Gasteiger partial charge in [-0.2, -0.15) is 4.31 Å². The van der Waals surface area contributed by atoms with E-state index < -0.39 is 10.0 Å². The van der Waals surface area contributed by atoms with Crippen molar-refractivity contribution < 1.29 is 8.42 Å². The lowest BCUT2D eigenvalue weighted by Crippen LogP contribution is -2.44. The highest BCUT2D eigenvalue weighted by Crippen LogP contribution is 2.22. The molecule has 2 aromatic carbocycles. The Kier molecular flexibility index (Phi) is 5.79. The van der Waals surface area contributed by atoms with Gasteiger partial charge >= 0.3 is 0 Å². The van der Waals surface area contributed by atoms with E-state index in [-0.39, 0.29) is 0 Å². The van der Waals surface area contributed by atoms with Gasteiger partial charge in [0.2, 0.25) is 10.0 Å². The summed E-state index contributed by atoms with van der Waals surface area (Å²) in [7, 11) is -3.39. The number of aryl methyl sites for hydroxylation is 1. The maximum Gasteiger partial charge on any atom is 0.243 e. The molecule has 0 spiro atoms. The van der Waals surface area contributed by atoms with Crippen LogP contribution in [0, 0.1) is 6.92 Å². The summed E-state index contributed by atoms with van der Waals surface area (Å²) in [6.45, 7) is 3.73. The van der Waals surface area contributed by atoms with E-state index in [1.165, 1.54) is 0 Å².